The van der Waals surface area contributed by atoms with Crippen LogP contribution in [0.5, 0.6) is 0 Å². The minimum atomic E-state index is 0.590. The topological polar surface area (TPSA) is 18.5 Å². The molecule has 2 atom stereocenters. The summed E-state index contributed by atoms with van der Waals surface area (Å²) in [5.74, 6) is 0. The van der Waals surface area contributed by atoms with E-state index in [-0.39, 0.29) is 0 Å². The second-order valence-corrected chi connectivity index (χ2v) is 5.91. The standard InChI is InChI=1S/C13H21N3S/c1-14-12(8-11-2-7-17-10-11)13-9-15-3-5-16(13)6-4-15/h2,7,10,12-14H,3-6,8-9H2,1H3. The second-order valence-electron chi connectivity index (χ2n) is 5.13. The Labute approximate surface area is 107 Å². The fourth-order valence-corrected chi connectivity index (χ4v) is 3.81. The molecular formula is C13H21N3S. The Kier molecular flexibility index (Phi) is 3.47. The molecule has 0 saturated carbocycles. The lowest BCUT2D eigenvalue weighted by Crippen LogP contribution is -2.66. The molecule has 3 fully saturated rings. The van der Waals surface area contributed by atoms with Crippen molar-refractivity contribution in [3.8, 4) is 0 Å². The van der Waals surface area contributed by atoms with Gasteiger partial charge in [-0.05, 0) is 35.9 Å². The van der Waals surface area contributed by atoms with Crippen molar-refractivity contribution in [3.63, 3.8) is 0 Å². The normalized spacial score (nSPS) is 33.8. The van der Waals surface area contributed by atoms with Gasteiger partial charge >= 0.3 is 0 Å². The summed E-state index contributed by atoms with van der Waals surface area (Å²) < 4.78 is 0. The summed E-state index contributed by atoms with van der Waals surface area (Å²) in [5.41, 5.74) is 1.48. The van der Waals surface area contributed by atoms with Crippen molar-refractivity contribution < 1.29 is 0 Å². The van der Waals surface area contributed by atoms with Gasteiger partial charge in [-0.2, -0.15) is 11.3 Å². The van der Waals surface area contributed by atoms with Gasteiger partial charge in [0.15, 0.2) is 0 Å². The van der Waals surface area contributed by atoms with Crippen molar-refractivity contribution >= 4 is 11.3 Å². The van der Waals surface area contributed by atoms with Crippen LogP contribution in [0.4, 0.5) is 0 Å². The summed E-state index contributed by atoms with van der Waals surface area (Å²) in [5, 5.41) is 7.99. The number of likely N-dealkylation sites (N-methyl/N-ethyl adjacent to an activating group) is 1. The Morgan fingerprint density at radius 2 is 2.24 bits per heavy atom. The predicted octanol–water partition coefficient (Wildman–Crippen LogP) is 0.878. The number of hydrogen-bond acceptors (Lipinski definition) is 4. The molecule has 1 aromatic rings. The molecule has 0 radical (unpaired) electrons. The molecule has 17 heavy (non-hydrogen) atoms. The maximum Gasteiger partial charge on any atom is 0.0380 e. The monoisotopic (exact) mass is 251 g/mol. The van der Waals surface area contributed by atoms with E-state index < -0.39 is 0 Å². The largest absolute Gasteiger partial charge is 0.315 e. The van der Waals surface area contributed by atoms with Crippen LogP contribution in [-0.4, -0.2) is 61.7 Å². The minimum Gasteiger partial charge on any atom is -0.315 e. The van der Waals surface area contributed by atoms with E-state index in [4.69, 9.17) is 0 Å². The molecule has 4 heterocycles. The van der Waals surface area contributed by atoms with Crippen LogP contribution in [0.1, 0.15) is 5.56 Å². The molecule has 0 aromatic carbocycles. The van der Waals surface area contributed by atoms with Gasteiger partial charge in [0.2, 0.25) is 0 Å². The second kappa shape index (κ2) is 5.06. The molecule has 3 saturated heterocycles. The highest BCUT2D eigenvalue weighted by Gasteiger charge is 2.36. The van der Waals surface area contributed by atoms with E-state index in [0.717, 1.165) is 6.42 Å². The highest BCUT2D eigenvalue weighted by Crippen LogP contribution is 2.20. The Balaban J connectivity index is 1.68. The first-order chi connectivity index (χ1) is 8.36. The molecule has 3 aliphatic rings. The first-order valence-electron chi connectivity index (χ1n) is 6.51. The lowest BCUT2D eigenvalue weighted by molar-refractivity contribution is -0.00200. The maximum absolute atomic E-state index is 3.53. The van der Waals surface area contributed by atoms with Crippen molar-refractivity contribution in [1.82, 2.24) is 15.1 Å². The SMILES string of the molecule is CNC(Cc1ccsc1)C1CN2CCN1CC2. The Bertz CT molecular complexity index is 344. The van der Waals surface area contributed by atoms with Gasteiger partial charge in [0.05, 0.1) is 0 Å². The summed E-state index contributed by atoms with van der Waals surface area (Å²) >= 11 is 1.80. The fraction of sp³-hybridized carbons (Fsp3) is 0.692. The van der Waals surface area contributed by atoms with Crippen molar-refractivity contribution in [3.05, 3.63) is 22.4 Å². The van der Waals surface area contributed by atoms with E-state index >= 15 is 0 Å². The molecule has 1 aromatic heterocycles. The van der Waals surface area contributed by atoms with Crippen LogP contribution >= 0.6 is 11.3 Å². The third-order valence-corrected chi connectivity index (χ3v) is 4.92. The highest BCUT2D eigenvalue weighted by molar-refractivity contribution is 7.07. The number of rotatable bonds is 4. The number of fused-ring (bicyclic) bond motifs is 3. The molecule has 4 rings (SSSR count). The van der Waals surface area contributed by atoms with Crippen molar-refractivity contribution in [2.24, 2.45) is 0 Å². The molecule has 2 unspecified atom stereocenters. The van der Waals surface area contributed by atoms with Gasteiger partial charge < -0.3 is 5.32 Å². The summed E-state index contributed by atoms with van der Waals surface area (Å²) in [6, 6.07) is 3.54. The lowest BCUT2D eigenvalue weighted by atomic mass is 9.95. The minimum absolute atomic E-state index is 0.590. The Hall–Kier alpha value is -0.420. The summed E-state index contributed by atoms with van der Waals surface area (Å²) in [4.78, 5) is 5.29. The number of hydrogen-bond donors (Lipinski definition) is 1. The van der Waals surface area contributed by atoms with Gasteiger partial charge in [-0.25, -0.2) is 0 Å². The van der Waals surface area contributed by atoms with Gasteiger partial charge in [-0.1, -0.05) is 0 Å². The van der Waals surface area contributed by atoms with Crippen molar-refractivity contribution in [2.75, 3.05) is 39.8 Å². The zero-order valence-corrected chi connectivity index (χ0v) is 11.2. The smallest absolute Gasteiger partial charge is 0.0380 e. The quantitative estimate of drug-likeness (QED) is 0.857. The van der Waals surface area contributed by atoms with Gasteiger partial charge in [0.25, 0.3) is 0 Å². The summed E-state index contributed by atoms with van der Waals surface area (Å²) in [7, 11) is 2.11. The van der Waals surface area contributed by atoms with E-state index in [2.05, 4.69) is 39.0 Å². The molecule has 0 aliphatic carbocycles. The average molecular weight is 251 g/mol. The number of piperazine rings is 3. The lowest BCUT2D eigenvalue weighted by Gasteiger charge is -2.50. The fourth-order valence-electron chi connectivity index (χ4n) is 3.13. The van der Waals surface area contributed by atoms with Crippen LogP contribution in [0.15, 0.2) is 16.8 Å². The third-order valence-electron chi connectivity index (χ3n) is 4.19. The van der Waals surface area contributed by atoms with Crippen molar-refractivity contribution in [2.45, 2.75) is 18.5 Å². The highest BCUT2D eigenvalue weighted by atomic mass is 32.1. The molecule has 1 N–H and O–H groups in total. The van der Waals surface area contributed by atoms with Crippen LogP contribution in [-0.2, 0) is 6.42 Å². The molecular weight excluding hydrogens is 230 g/mol. The van der Waals surface area contributed by atoms with Crippen molar-refractivity contribution in [1.29, 1.82) is 0 Å². The van der Waals surface area contributed by atoms with Gasteiger partial charge in [-0.3, -0.25) is 9.80 Å². The molecule has 0 amide bonds. The Morgan fingerprint density at radius 3 is 2.76 bits per heavy atom. The molecule has 3 aliphatic heterocycles. The van der Waals surface area contributed by atoms with E-state index in [1.54, 1.807) is 11.3 Å². The average Bonchev–Trinajstić information content (AvgIpc) is 2.90. The first-order valence-corrected chi connectivity index (χ1v) is 7.46. The number of nitrogens with one attached hydrogen (secondary N) is 1. The van der Waals surface area contributed by atoms with Crippen LogP contribution in [0.2, 0.25) is 0 Å². The molecule has 2 bridgehead atoms. The molecule has 0 spiro atoms. The zero-order chi connectivity index (χ0) is 11.7. The van der Waals surface area contributed by atoms with Gasteiger partial charge in [0.1, 0.15) is 0 Å². The van der Waals surface area contributed by atoms with E-state index in [1.807, 2.05) is 0 Å². The van der Waals surface area contributed by atoms with E-state index in [0.29, 0.717) is 12.1 Å². The van der Waals surface area contributed by atoms with Crippen LogP contribution < -0.4 is 5.32 Å². The maximum atomic E-state index is 3.53. The van der Waals surface area contributed by atoms with Crippen LogP contribution in [0.25, 0.3) is 0 Å². The van der Waals surface area contributed by atoms with Gasteiger partial charge in [-0.15, -0.1) is 0 Å². The number of nitrogens with zero attached hydrogens (tertiary/aromatic N) is 2. The molecule has 94 valence electrons. The van der Waals surface area contributed by atoms with Gasteiger partial charge in [0, 0.05) is 44.8 Å². The Morgan fingerprint density at radius 1 is 1.41 bits per heavy atom. The van der Waals surface area contributed by atoms with Crippen LogP contribution in [0, 0.1) is 0 Å². The van der Waals surface area contributed by atoms with E-state index in [9.17, 15) is 0 Å². The molecule has 4 heteroatoms. The van der Waals surface area contributed by atoms with E-state index in [1.165, 1.54) is 38.3 Å². The summed E-state index contributed by atoms with van der Waals surface area (Å²) in [6.07, 6.45) is 1.16. The number of thiophene rings is 1. The first kappa shape index (κ1) is 11.7. The van der Waals surface area contributed by atoms with Crippen LogP contribution in [0.3, 0.4) is 0 Å². The molecule has 3 nitrogen and oxygen atoms in total. The predicted molar refractivity (Wildman–Crippen MR) is 72.7 cm³/mol. The zero-order valence-electron chi connectivity index (χ0n) is 10.4. The summed E-state index contributed by atoms with van der Waals surface area (Å²) in [6.45, 7) is 6.30. The third kappa shape index (κ3) is 2.40.